The van der Waals surface area contributed by atoms with Gasteiger partial charge in [0, 0.05) is 42.8 Å². The van der Waals surface area contributed by atoms with Crippen LogP contribution >= 0.6 is 0 Å². The zero-order valence-electron chi connectivity index (χ0n) is 11.3. The maximum atomic E-state index is 4.10. The van der Waals surface area contributed by atoms with Crippen LogP contribution in [0.3, 0.4) is 0 Å². The highest BCUT2D eigenvalue weighted by Gasteiger charge is 2.25. The summed E-state index contributed by atoms with van der Waals surface area (Å²) in [7, 11) is 0. The second-order valence-corrected chi connectivity index (χ2v) is 5.30. The Bertz CT molecular complexity index is 494. The third kappa shape index (κ3) is 2.68. The number of rotatable bonds is 3. The summed E-state index contributed by atoms with van der Waals surface area (Å²) in [6.07, 6.45) is 8.10. The highest BCUT2D eigenvalue weighted by Crippen LogP contribution is 2.30. The van der Waals surface area contributed by atoms with E-state index >= 15 is 0 Å². The lowest BCUT2D eigenvalue weighted by Gasteiger charge is -2.36. The van der Waals surface area contributed by atoms with Crippen LogP contribution in [0.2, 0.25) is 0 Å². The van der Waals surface area contributed by atoms with E-state index in [2.05, 4.69) is 45.2 Å². The molecule has 0 amide bonds. The van der Waals surface area contributed by atoms with E-state index in [9.17, 15) is 0 Å². The van der Waals surface area contributed by atoms with E-state index < -0.39 is 0 Å². The number of aromatic amines is 1. The summed E-state index contributed by atoms with van der Waals surface area (Å²) in [6.45, 7) is 4.56. The van der Waals surface area contributed by atoms with Gasteiger partial charge in [-0.2, -0.15) is 5.10 Å². The third-order valence-electron chi connectivity index (χ3n) is 4.15. The van der Waals surface area contributed by atoms with Gasteiger partial charge in [-0.1, -0.05) is 0 Å². The Balaban J connectivity index is 1.71. The van der Waals surface area contributed by atoms with Gasteiger partial charge in [0.15, 0.2) is 0 Å². The molecular formula is C15H20N4. The number of hydrogen-bond donors (Lipinski definition) is 1. The average molecular weight is 256 g/mol. The molecule has 2 atom stereocenters. The van der Waals surface area contributed by atoms with E-state index in [0.29, 0.717) is 12.0 Å². The fraction of sp³-hybridized carbons (Fsp3) is 0.467. The zero-order chi connectivity index (χ0) is 13.1. The van der Waals surface area contributed by atoms with Crippen LogP contribution in [0.1, 0.15) is 43.0 Å². The Morgan fingerprint density at radius 2 is 2.11 bits per heavy atom. The highest BCUT2D eigenvalue weighted by atomic mass is 15.2. The van der Waals surface area contributed by atoms with E-state index in [1.165, 1.54) is 30.6 Å². The molecule has 2 aromatic heterocycles. The average Bonchev–Trinajstić information content (AvgIpc) is 3.02. The molecule has 4 heteroatoms. The van der Waals surface area contributed by atoms with Gasteiger partial charge in [-0.3, -0.25) is 15.0 Å². The van der Waals surface area contributed by atoms with Gasteiger partial charge in [0.2, 0.25) is 0 Å². The summed E-state index contributed by atoms with van der Waals surface area (Å²) in [5.74, 6) is 0.584. The van der Waals surface area contributed by atoms with Crippen molar-refractivity contribution in [1.29, 1.82) is 0 Å². The summed E-state index contributed by atoms with van der Waals surface area (Å²) in [5.41, 5.74) is 2.62. The lowest BCUT2D eigenvalue weighted by molar-refractivity contribution is 0.157. The summed E-state index contributed by atoms with van der Waals surface area (Å²) in [4.78, 5) is 6.66. The molecule has 19 heavy (non-hydrogen) atoms. The van der Waals surface area contributed by atoms with Gasteiger partial charge in [-0.15, -0.1) is 0 Å². The van der Waals surface area contributed by atoms with Crippen molar-refractivity contribution < 1.29 is 0 Å². The van der Waals surface area contributed by atoms with E-state index in [1.54, 1.807) is 0 Å². The largest absolute Gasteiger partial charge is 0.296 e. The second-order valence-electron chi connectivity index (χ2n) is 5.30. The summed E-state index contributed by atoms with van der Waals surface area (Å²) >= 11 is 0. The van der Waals surface area contributed by atoms with Crippen molar-refractivity contribution in [1.82, 2.24) is 20.1 Å². The molecule has 0 unspecified atom stereocenters. The molecule has 0 saturated carbocycles. The Kier molecular flexibility index (Phi) is 3.60. The molecule has 0 radical (unpaired) electrons. The van der Waals surface area contributed by atoms with Crippen molar-refractivity contribution in [3.63, 3.8) is 0 Å². The Morgan fingerprint density at radius 1 is 1.26 bits per heavy atom. The van der Waals surface area contributed by atoms with Crippen LogP contribution in [0.15, 0.2) is 36.8 Å². The van der Waals surface area contributed by atoms with Gasteiger partial charge >= 0.3 is 0 Å². The predicted octanol–water partition coefficient (Wildman–Crippen LogP) is 2.75. The standard InChI is InChI=1S/C15H20N4/c1-12(13-4-7-16-8-5-13)19-10-2-3-14(11-19)15-6-9-17-18-15/h4-9,12,14H,2-3,10-11H2,1H3,(H,17,18)/t12-,14+/m1/s1. The number of likely N-dealkylation sites (tertiary alicyclic amines) is 1. The molecule has 1 saturated heterocycles. The molecule has 4 nitrogen and oxygen atoms in total. The number of nitrogens with zero attached hydrogens (tertiary/aromatic N) is 3. The van der Waals surface area contributed by atoms with Gasteiger partial charge in [0.05, 0.1) is 0 Å². The quantitative estimate of drug-likeness (QED) is 0.918. The maximum Gasteiger partial charge on any atom is 0.0490 e. The molecule has 0 bridgehead atoms. The number of hydrogen-bond acceptors (Lipinski definition) is 3. The van der Waals surface area contributed by atoms with E-state index in [4.69, 9.17) is 0 Å². The molecule has 2 aromatic rings. The van der Waals surface area contributed by atoms with Gasteiger partial charge < -0.3 is 0 Å². The topological polar surface area (TPSA) is 44.8 Å². The Morgan fingerprint density at radius 3 is 2.84 bits per heavy atom. The van der Waals surface area contributed by atoms with Gasteiger partial charge in [-0.05, 0) is 50.1 Å². The van der Waals surface area contributed by atoms with Crippen LogP contribution < -0.4 is 0 Å². The fourth-order valence-electron chi connectivity index (χ4n) is 2.96. The molecule has 3 heterocycles. The van der Waals surface area contributed by atoms with Crippen molar-refractivity contribution in [2.75, 3.05) is 13.1 Å². The smallest absolute Gasteiger partial charge is 0.0490 e. The van der Waals surface area contributed by atoms with Crippen molar-refractivity contribution in [2.24, 2.45) is 0 Å². The Labute approximate surface area is 113 Å². The van der Waals surface area contributed by atoms with E-state index in [0.717, 1.165) is 6.54 Å². The molecule has 0 aliphatic carbocycles. The molecule has 1 aliphatic rings. The molecule has 3 rings (SSSR count). The highest BCUT2D eigenvalue weighted by molar-refractivity contribution is 5.15. The molecule has 100 valence electrons. The van der Waals surface area contributed by atoms with Crippen LogP contribution in [-0.4, -0.2) is 33.2 Å². The minimum atomic E-state index is 0.453. The first-order valence-corrected chi connectivity index (χ1v) is 6.98. The fourth-order valence-corrected chi connectivity index (χ4v) is 2.96. The predicted molar refractivity (Wildman–Crippen MR) is 74.8 cm³/mol. The third-order valence-corrected chi connectivity index (χ3v) is 4.15. The molecule has 1 aliphatic heterocycles. The summed E-state index contributed by atoms with van der Waals surface area (Å²) in [6, 6.07) is 6.79. The van der Waals surface area contributed by atoms with Crippen molar-refractivity contribution in [3.8, 4) is 0 Å². The lowest BCUT2D eigenvalue weighted by Crippen LogP contribution is -2.36. The van der Waals surface area contributed by atoms with Crippen LogP contribution in [0.5, 0.6) is 0 Å². The number of aromatic nitrogens is 3. The van der Waals surface area contributed by atoms with Crippen LogP contribution in [-0.2, 0) is 0 Å². The number of H-pyrrole nitrogens is 1. The minimum absolute atomic E-state index is 0.453. The molecule has 1 N–H and O–H groups in total. The van der Waals surface area contributed by atoms with Crippen LogP contribution in [0.25, 0.3) is 0 Å². The maximum absolute atomic E-state index is 4.10. The first kappa shape index (κ1) is 12.4. The first-order valence-electron chi connectivity index (χ1n) is 6.98. The normalized spacial score (nSPS) is 22.3. The van der Waals surface area contributed by atoms with E-state index in [-0.39, 0.29) is 0 Å². The second kappa shape index (κ2) is 5.53. The number of piperidine rings is 1. The van der Waals surface area contributed by atoms with Crippen molar-refractivity contribution >= 4 is 0 Å². The first-order chi connectivity index (χ1) is 9.34. The lowest BCUT2D eigenvalue weighted by atomic mass is 9.93. The molecular weight excluding hydrogens is 236 g/mol. The van der Waals surface area contributed by atoms with Gasteiger partial charge in [0.25, 0.3) is 0 Å². The zero-order valence-corrected chi connectivity index (χ0v) is 11.3. The van der Waals surface area contributed by atoms with Crippen molar-refractivity contribution in [2.45, 2.75) is 31.7 Å². The summed E-state index contributed by atoms with van der Waals surface area (Å²) < 4.78 is 0. The Hall–Kier alpha value is -1.68. The van der Waals surface area contributed by atoms with Crippen molar-refractivity contribution in [3.05, 3.63) is 48.0 Å². The van der Waals surface area contributed by atoms with E-state index in [1.807, 2.05) is 18.6 Å². The summed E-state index contributed by atoms with van der Waals surface area (Å²) in [5, 5.41) is 7.19. The SMILES string of the molecule is C[C@H](c1ccncc1)N1CCC[C@H](c2ccn[nH]2)C1. The van der Waals surface area contributed by atoms with Crippen LogP contribution in [0.4, 0.5) is 0 Å². The van der Waals surface area contributed by atoms with Crippen LogP contribution in [0, 0.1) is 0 Å². The monoisotopic (exact) mass is 256 g/mol. The molecule has 0 aromatic carbocycles. The molecule has 0 spiro atoms. The number of nitrogens with one attached hydrogen (secondary N) is 1. The minimum Gasteiger partial charge on any atom is -0.296 e. The van der Waals surface area contributed by atoms with Gasteiger partial charge in [-0.25, -0.2) is 0 Å². The van der Waals surface area contributed by atoms with Gasteiger partial charge in [0.1, 0.15) is 0 Å². The molecule has 1 fully saturated rings. The number of pyridine rings is 1.